The van der Waals surface area contributed by atoms with Gasteiger partial charge in [0.25, 0.3) is 0 Å². The number of ether oxygens (including phenoxy) is 2. The SMILES string of the molecule is COCC(C)OCc1occc1C(=O)O. The number of carboxylic acids is 1. The van der Waals surface area contributed by atoms with E-state index in [0.717, 1.165) is 0 Å². The number of hydrogen-bond acceptors (Lipinski definition) is 4. The van der Waals surface area contributed by atoms with Crippen molar-refractivity contribution in [1.29, 1.82) is 0 Å². The average molecular weight is 214 g/mol. The number of hydrogen-bond donors (Lipinski definition) is 1. The van der Waals surface area contributed by atoms with Crippen molar-refractivity contribution in [2.75, 3.05) is 13.7 Å². The highest BCUT2D eigenvalue weighted by Gasteiger charge is 2.14. The van der Waals surface area contributed by atoms with Gasteiger partial charge in [0.05, 0.1) is 19.0 Å². The highest BCUT2D eigenvalue weighted by Crippen LogP contribution is 2.12. The van der Waals surface area contributed by atoms with Crippen molar-refractivity contribution in [2.45, 2.75) is 19.6 Å². The quantitative estimate of drug-likeness (QED) is 0.777. The van der Waals surface area contributed by atoms with Gasteiger partial charge in [-0.05, 0) is 13.0 Å². The molecule has 0 saturated carbocycles. The lowest BCUT2D eigenvalue weighted by Gasteiger charge is -2.10. The third-order valence-corrected chi connectivity index (χ3v) is 1.88. The second kappa shape index (κ2) is 5.53. The summed E-state index contributed by atoms with van der Waals surface area (Å²) in [4.78, 5) is 10.7. The number of methoxy groups -OCH3 is 1. The number of carbonyl (C=O) groups is 1. The van der Waals surface area contributed by atoms with Gasteiger partial charge in [0, 0.05) is 7.11 Å². The first-order valence-corrected chi connectivity index (χ1v) is 4.55. The molecule has 0 fully saturated rings. The van der Waals surface area contributed by atoms with E-state index in [0.29, 0.717) is 12.4 Å². The van der Waals surface area contributed by atoms with Crippen LogP contribution < -0.4 is 0 Å². The maximum Gasteiger partial charge on any atom is 0.339 e. The molecule has 5 heteroatoms. The molecule has 1 aromatic rings. The fourth-order valence-corrected chi connectivity index (χ4v) is 1.14. The molecular weight excluding hydrogens is 200 g/mol. The molecular formula is C10H14O5. The molecule has 15 heavy (non-hydrogen) atoms. The lowest BCUT2D eigenvalue weighted by molar-refractivity contribution is -0.00683. The van der Waals surface area contributed by atoms with Crippen molar-refractivity contribution in [3.05, 3.63) is 23.7 Å². The molecule has 1 heterocycles. The van der Waals surface area contributed by atoms with E-state index >= 15 is 0 Å². The monoisotopic (exact) mass is 214 g/mol. The molecule has 84 valence electrons. The Morgan fingerprint density at radius 2 is 2.40 bits per heavy atom. The second-order valence-electron chi connectivity index (χ2n) is 3.14. The van der Waals surface area contributed by atoms with Crippen LogP contribution in [0.4, 0.5) is 0 Å². The molecule has 5 nitrogen and oxygen atoms in total. The molecule has 0 bridgehead atoms. The lowest BCUT2D eigenvalue weighted by atomic mass is 10.2. The van der Waals surface area contributed by atoms with Crippen LogP contribution in [-0.2, 0) is 16.1 Å². The molecule has 0 radical (unpaired) electrons. The molecule has 0 amide bonds. The van der Waals surface area contributed by atoms with Gasteiger partial charge in [-0.15, -0.1) is 0 Å². The molecule has 1 unspecified atom stereocenters. The van der Waals surface area contributed by atoms with Crippen LogP contribution in [-0.4, -0.2) is 30.9 Å². The van der Waals surface area contributed by atoms with Gasteiger partial charge in [0.2, 0.25) is 0 Å². The Bertz CT molecular complexity index is 317. The Morgan fingerprint density at radius 1 is 1.67 bits per heavy atom. The van der Waals surface area contributed by atoms with Gasteiger partial charge in [-0.1, -0.05) is 0 Å². The van der Waals surface area contributed by atoms with Gasteiger partial charge in [0.15, 0.2) is 0 Å². The third kappa shape index (κ3) is 3.38. The summed E-state index contributed by atoms with van der Waals surface area (Å²) < 4.78 is 15.2. The Hall–Kier alpha value is -1.33. The zero-order valence-corrected chi connectivity index (χ0v) is 8.73. The van der Waals surface area contributed by atoms with E-state index in [1.165, 1.54) is 12.3 Å². The van der Waals surface area contributed by atoms with Gasteiger partial charge >= 0.3 is 5.97 Å². The Labute approximate surface area is 87.6 Å². The van der Waals surface area contributed by atoms with Crippen molar-refractivity contribution in [3.8, 4) is 0 Å². The molecule has 0 aromatic carbocycles. The van der Waals surface area contributed by atoms with Crippen molar-refractivity contribution in [3.63, 3.8) is 0 Å². The van der Waals surface area contributed by atoms with E-state index in [1.807, 2.05) is 6.92 Å². The van der Waals surface area contributed by atoms with Crippen LogP contribution in [0, 0.1) is 0 Å². The molecule has 1 aromatic heterocycles. The highest BCUT2D eigenvalue weighted by atomic mass is 16.5. The van der Waals surface area contributed by atoms with Crippen LogP contribution in [0.1, 0.15) is 23.0 Å². The maximum atomic E-state index is 10.7. The first kappa shape index (κ1) is 11.7. The fraction of sp³-hybridized carbons (Fsp3) is 0.500. The first-order valence-electron chi connectivity index (χ1n) is 4.55. The van der Waals surface area contributed by atoms with E-state index in [1.54, 1.807) is 7.11 Å². The largest absolute Gasteiger partial charge is 0.478 e. The van der Waals surface area contributed by atoms with Crippen LogP contribution in [0.15, 0.2) is 16.7 Å². The number of carboxylic acid groups (broad SMARTS) is 1. The van der Waals surface area contributed by atoms with Crippen molar-refractivity contribution in [2.24, 2.45) is 0 Å². The van der Waals surface area contributed by atoms with Crippen LogP contribution >= 0.6 is 0 Å². The van der Waals surface area contributed by atoms with Crippen molar-refractivity contribution >= 4 is 5.97 Å². The van der Waals surface area contributed by atoms with Gasteiger partial charge in [-0.3, -0.25) is 0 Å². The summed E-state index contributed by atoms with van der Waals surface area (Å²) in [6, 6.07) is 1.40. The number of rotatable bonds is 6. The van der Waals surface area contributed by atoms with Crippen LogP contribution in [0.3, 0.4) is 0 Å². The van der Waals surface area contributed by atoms with E-state index in [2.05, 4.69) is 0 Å². The van der Waals surface area contributed by atoms with Crippen LogP contribution in [0.25, 0.3) is 0 Å². The molecule has 0 saturated heterocycles. The summed E-state index contributed by atoms with van der Waals surface area (Å²) in [5, 5.41) is 8.78. The Balaban J connectivity index is 2.50. The molecule has 0 aliphatic rings. The maximum absolute atomic E-state index is 10.7. The lowest BCUT2D eigenvalue weighted by Crippen LogP contribution is -2.15. The number of aromatic carboxylic acids is 1. The van der Waals surface area contributed by atoms with Crippen LogP contribution in [0.2, 0.25) is 0 Å². The predicted octanol–water partition coefficient (Wildman–Crippen LogP) is 1.53. The summed E-state index contributed by atoms with van der Waals surface area (Å²) in [6.07, 6.45) is 1.24. The highest BCUT2D eigenvalue weighted by molar-refractivity contribution is 5.88. The minimum absolute atomic E-state index is 0.0956. The predicted molar refractivity (Wildman–Crippen MR) is 51.8 cm³/mol. The van der Waals surface area contributed by atoms with E-state index in [-0.39, 0.29) is 18.3 Å². The smallest absolute Gasteiger partial charge is 0.339 e. The van der Waals surface area contributed by atoms with E-state index in [9.17, 15) is 4.79 Å². The molecule has 1 atom stereocenters. The third-order valence-electron chi connectivity index (χ3n) is 1.88. The molecule has 0 aliphatic heterocycles. The summed E-state index contributed by atoms with van der Waals surface area (Å²) in [7, 11) is 1.58. The van der Waals surface area contributed by atoms with Gasteiger partial charge in [0.1, 0.15) is 17.9 Å². The first-order chi connectivity index (χ1) is 7.15. The van der Waals surface area contributed by atoms with Gasteiger partial charge in [-0.2, -0.15) is 0 Å². The second-order valence-corrected chi connectivity index (χ2v) is 3.14. The van der Waals surface area contributed by atoms with Crippen molar-refractivity contribution < 1.29 is 23.8 Å². The summed E-state index contributed by atoms with van der Waals surface area (Å²) in [5.41, 5.74) is 0.139. The Kier molecular flexibility index (Phi) is 4.33. The minimum atomic E-state index is -1.01. The summed E-state index contributed by atoms with van der Waals surface area (Å²) in [5.74, 6) is -0.688. The normalized spacial score (nSPS) is 12.7. The number of furan rings is 1. The fourth-order valence-electron chi connectivity index (χ4n) is 1.14. The molecule has 0 aliphatic carbocycles. The van der Waals surface area contributed by atoms with Gasteiger partial charge in [-0.25, -0.2) is 4.79 Å². The van der Waals surface area contributed by atoms with E-state index in [4.69, 9.17) is 19.0 Å². The zero-order valence-electron chi connectivity index (χ0n) is 8.73. The molecule has 1 rings (SSSR count). The topological polar surface area (TPSA) is 68.9 Å². The average Bonchev–Trinajstić information content (AvgIpc) is 2.63. The van der Waals surface area contributed by atoms with Crippen LogP contribution in [0.5, 0.6) is 0 Å². The Morgan fingerprint density at radius 3 is 3.00 bits per heavy atom. The summed E-state index contributed by atoms with van der Waals surface area (Å²) in [6.45, 7) is 2.44. The van der Waals surface area contributed by atoms with E-state index < -0.39 is 5.97 Å². The zero-order chi connectivity index (χ0) is 11.3. The molecule has 1 N–H and O–H groups in total. The molecule has 0 spiro atoms. The van der Waals surface area contributed by atoms with Gasteiger partial charge < -0.3 is 19.0 Å². The summed E-state index contributed by atoms with van der Waals surface area (Å²) >= 11 is 0. The standard InChI is InChI=1S/C10H14O5/c1-7(5-13-2)15-6-9-8(10(11)12)3-4-14-9/h3-4,7H,5-6H2,1-2H3,(H,11,12). The minimum Gasteiger partial charge on any atom is -0.478 e. The van der Waals surface area contributed by atoms with Crippen molar-refractivity contribution in [1.82, 2.24) is 0 Å².